The Kier molecular flexibility index (Phi) is 4.43. The molecule has 2 N–H and O–H groups in total. The van der Waals surface area contributed by atoms with E-state index in [0.717, 1.165) is 0 Å². The van der Waals surface area contributed by atoms with Crippen LogP contribution in [0, 0.1) is 0 Å². The molecule has 2 rings (SSSR count). The summed E-state index contributed by atoms with van der Waals surface area (Å²) in [5, 5.41) is 0. The van der Waals surface area contributed by atoms with Gasteiger partial charge in [-0.15, -0.1) is 0 Å². The van der Waals surface area contributed by atoms with Crippen LogP contribution in [0.2, 0.25) is 0 Å². The van der Waals surface area contributed by atoms with Gasteiger partial charge < -0.3 is 10.5 Å². The molecule has 0 aliphatic heterocycles. The predicted molar refractivity (Wildman–Crippen MR) is 87.1 cm³/mol. The number of methoxy groups -OCH3 is 1. The van der Waals surface area contributed by atoms with Crippen LogP contribution in [0.15, 0.2) is 51.8 Å². The summed E-state index contributed by atoms with van der Waals surface area (Å²) in [6, 6.07) is 11.5. The number of nitrogens with zero attached hydrogens (tertiary/aromatic N) is 1. The van der Waals surface area contributed by atoms with Gasteiger partial charge in [-0.05, 0) is 46.3 Å². The van der Waals surface area contributed by atoms with E-state index in [1.165, 1.54) is 24.5 Å². The summed E-state index contributed by atoms with van der Waals surface area (Å²) in [6.07, 6.45) is 0. The highest BCUT2D eigenvalue weighted by molar-refractivity contribution is 9.10. The van der Waals surface area contributed by atoms with E-state index in [2.05, 4.69) is 15.9 Å². The molecule has 5 nitrogen and oxygen atoms in total. The lowest BCUT2D eigenvalue weighted by Crippen LogP contribution is -2.27. The standard InChI is InChI=1S/C14H15BrN2O3S/c1-17(12-5-3-4-6-13(12)20-2)21(18,19)14-8-7-10(16)9-11(14)15/h3-9H,16H2,1-2H3. The second-order valence-corrected chi connectivity index (χ2v) is 7.13. The molecule has 112 valence electrons. The van der Waals surface area contributed by atoms with Crippen molar-refractivity contribution in [3.05, 3.63) is 46.9 Å². The fourth-order valence-corrected chi connectivity index (χ4v) is 4.15. The van der Waals surface area contributed by atoms with Crippen molar-refractivity contribution < 1.29 is 13.2 Å². The average Bonchev–Trinajstić information content (AvgIpc) is 2.46. The minimum atomic E-state index is -3.72. The van der Waals surface area contributed by atoms with Crippen LogP contribution in [0.25, 0.3) is 0 Å². The highest BCUT2D eigenvalue weighted by Crippen LogP contribution is 2.33. The van der Waals surface area contributed by atoms with Crippen LogP contribution in [0.4, 0.5) is 11.4 Å². The first-order valence-electron chi connectivity index (χ1n) is 6.05. The van der Waals surface area contributed by atoms with Crippen LogP contribution in [0.1, 0.15) is 0 Å². The summed E-state index contributed by atoms with van der Waals surface area (Å²) >= 11 is 3.24. The molecule has 2 aromatic rings. The number of sulfonamides is 1. The number of rotatable bonds is 4. The Morgan fingerprint density at radius 2 is 1.86 bits per heavy atom. The molecule has 7 heteroatoms. The van der Waals surface area contributed by atoms with Gasteiger partial charge in [0.25, 0.3) is 10.0 Å². The van der Waals surface area contributed by atoms with E-state index < -0.39 is 10.0 Å². The minimum absolute atomic E-state index is 0.144. The monoisotopic (exact) mass is 370 g/mol. The second-order valence-electron chi connectivity index (χ2n) is 4.33. The van der Waals surface area contributed by atoms with E-state index in [-0.39, 0.29) is 4.90 Å². The van der Waals surface area contributed by atoms with Crippen molar-refractivity contribution in [1.29, 1.82) is 0 Å². The zero-order valence-corrected chi connectivity index (χ0v) is 14.0. The van der Waals surface area contributed by atoms with E-state index in [1.807, 2.05) is 0 Å². The van der Waals surface area contributed by atoms with Crippen molar-refractivity contribution in [3.63, 3.8) is 0 Å². The maximum absolute atomic E-state index is 12.7. The van der Waals surface area contributed by atoms with E-state index in [4.69, 9.17) is 10.5 Å². The van der Waals surface area contributed by atoms with E-state index in [0.29, 0.717) is 21.6 Å². The molecule has 0 fully saturated rings. The highest BCUT2D eigenvalue weighted by Gasteiger charge is 2.25. The maximum Gasteiger partial charge on any atom is 0.265 e. The highest BCUT2D eigenvalue weighted by atomic mass is 79.9. The molecular weight excluding hydrogens is 356 g/mol. The number of ether oxygens (including phenoxy) is 1. The third kappa shape index (κ3) is 2.98. The molecule has 2 aromatic carbocycles. The number of anilines is 2. The molecule has 0 bridgehead atoms. The molecule has 0 unspecified atom stereocenters. The van der Waals surface area contributed by atoms with E-state index >= 15 is 0 Å². The molecule has 0 aliphatic rings. The van der Waals surface area contributed by atoms with Crippen LogP contribution in [0.5, 0.6) is 5.75 Å². The van der Waals surface area contributed by atoms with Crippen LogP contribution in [-0.2, 0) is 10.0 Å². The molecular formula is C14H15BrN2O3S. The number of hydrogen-bond acceptors (Lipinski definition) is 4. The normalized spacial score (nSPS) is 11.2. The molecule has 0 saturated heterocycles. The van der Waals surface area contributed by atoms with Crippen molar-refractivity contribution in [2.75, 3.05) is 24.2 Å². The first kappa shape index (κ1) is 15.7. The third-order valence-electron chi connectivity index (χ3n) is 3.02. The number of nitrogen functional groups attached to an aromatic ring is 1. The third-order valence-corrected chi connectivity index (χ3v) is 5.77. The SMILES string of the molecule is COc1ccccc1N(C)S(=O)(=O)c1ccc(N)cc1Br. The lowest BCUT2D eigenvalue weighted by atomic mass is 10.3. The smallest absolute Gasteiger partial charge is 0.265 e. The van der Waals surface area contributed by atoms with Gasteiger partial charge in [-0.25, -0.2) is 8.42 Å². The Morgan fingerprint density at radius 1 is 1.19 bits per heavy atom. The van der Waals surface area contributed by atoms with Gasteiger partial charge >= 0.3 is 0 Å². The van der Waals surface area contributed by atoms with Gasteiger partial charge in [0, 0.05) is 17.2 Å². The fraction of sp³-hybridized carbons (Fsp3) is 0.143. The first-order chi connectivity index (χ1) is 9.87. The van der Waals surface area contributed by atoms with Gasteiger partial charge in [-0.2, -0.15) is 0 Å². The molecule has 21 heavy (non-hydrogen) atoms. The second kappa shape index (κ2) is 5.95. The van der Waals surface area contributed by atoms with Gasteiger partial charge in [0.1, 0.15) is 10.6 Å². The topological polar surface area (TPSA) is 72.6 Å². The largest absolute Gasteiger partial charge is 0.495 e. The summed E-state index contributed by atoms with van der Waals surface area (Å²) < 4.78 is 32.3. The molecule has 0 aliphatic carbocycles. The molecule has 0 amide bonds. The predicted octanol–water partition coefficient (Wildman–Crippen LogP) is 2.87. The number of halogens is 1. The van der Waals surface area contributed by atoms with Crippen LogP contribution < -0.4 is 14.8 Å². The summed E-state index contributed by atoms with van der Waals surface area (Å²) in [7, 11) is -0.741. The number of hydrogen-bond donors (Lipinski definition) is 1. The van der Waals surface area contributed by atoms with Gasteiger partial charge in [0.05, 0.1) is 12.8 Å². The summed E-state index contributed by atoms with van der Waals surface area (Å²) in [6.45, 7) is 0. The van der Waals surface area contributed by atoms with Crippen LogP contribution >= 0.6 is 15.9 Å². The van der Waals surface area contributed by atoms with E-state index in [1.54, 1.807) is 36.4 Å². The Balaban J connectivity index is 2.53. The van der Waals surface area contributed by atoms with Gasteiger partial charge in [0.2, 0.25) is 0 Å². The summed E-state index contributed by atoms with van der Waals surface area (Å²) in [4.78, 5) is 0.144. The van der Waals surface area contributed by atoms with E-state index in [9.17, 15) is 8.42 Å². The minimum Gasteiger partial charge on any atom is -0.495 e. The molecule has 0 heterocycles. The van der Waals surface area contributed by atoms with Gasteiger partial charge in [-0.3, -0.25) is 4.31 Å². The number of para-hydroxylation sites is 2. The van der Waals surface area contributed by atoms with Crippen molar-refractivity contribution >= 4 is 37.3 Å². The Labute approximate surface area is 132 Å². The van der Waals surface area contributed by atoms with Crippen molar-refractivity contribution in [3.8, 4) is 5.75 Å². The lowest BCUT2D eigenvalue weighted by Gasteiger charge is -2.22. The summed E-state index contributed by atoms with van der Waals surface area (Å²) in [5.41, 5.74) is 6.59. The molecule has 0 radical (unpaired) electrons. The summed E-state index contributed by atoms with van der Waals surface area (Å²) in [5.74, 6) is 0.482. The average molecular weight is 371 g/mol. The van der Waals surface area contributed by atoms with Crippen LogP contribution in [0.3, 0.4) is 0 Å². The maximum atomic E-state index is 12.7. The quantitative estimate of drug-likeness (QED) is 0.839. The Bertz CT molecular complexity index is 763. The lowest BCUT2D eigenvalue weighted by molar-refractivity contribution is 0.416. The molecule has 0 aromatic heterocycles. The number of nitrogens with two attached hydrogens (primary N) is 1. The van der Waals surface area contributed by atoms with Crippen molar-refractivity contribution in [2.24, 2.45) is 0 Å². The molecule has 0 atom stereocenters. The zero-order chi connectivity index (χ0) is 15.6. The Morgan fingerprint density at radius 3 is 2.48 bits per heavy atom. The van der Waals surface area contributed by atoms with Gasteiger partial charge in [-0.1, -0.05) is 12.1 Å². The van der Waals surface area contributed by atoms with Crippen LogP contribution in [-0.4, -0.2) is 22.6 Å². The number of benzene rings is 2. The van der Waals surface area contributed by atoms with Crippen molar-refractivity contribution in [1.82, 2.24) is 0 Å². The first-order valence-corrected chi connectivity index (χ1v) is 8.28. The zero-order valence-electron chi connectivity index (χ0n) is 11.6. The Hall–Kier alpha value is -1.73. The fourth-order valence-electron chi connectivity index (χ4n) is 1.89. The van der Waals surface area contributed by atoms with Gasteiger partial charge in [0.15, 0.2) is 0 Å². The molecule has 0 spiro atoms. The molecule has 0 saturated carbocycles. The van der Waals surface area contributed by atoms with Crippen molar-refractivity contribution in [2.45, 2.75) is 4.90 Å².